The Bertz CT molecular complexity index is 929. The van der Waals surface area contributed by atoms with Gasteiger partial charge in [-0.25, -0.2) is 9.98 Å². The van der Waals surface area contributed by atoms with E-state index in [1.165, 1.54) is 0 Å². The minimum absolute atomic E-state index is 0.774. The molecule has 0 radical (unpaired) electrons. The van der Waals surface area contributed by atoms with Crippen LogP contribution in [-0.2, 0) is 0 Å². The molecule has 0 atom stereocenters. The molecule has 1 aromatic heterocycles. The van der Waals surface area contributed by atoms with Gasteiger partial charge in [0.1, 0.15) is 11.6 Å². The molecule has 118 valence electrons. The third kappa shape index (κ3) is 2.74. The molecule has 0 amide bonds. The summed E-state index contributed by atoms with van der Waals surface area (Å²) in [4.78, 5) is 11.2. The molecule has 0 fully saturated rings. The number of anilines is 3. The van der Waals surface area contributed by atoms with Crippen LogP contribution in [-0.4, -0.2) is 11.2 Å². The Labute approximate surface area is 141 Å². The lowest BCUT2D eigenvalue weighted by atomic mass is 10.1. The van der Waals surface area contributed by atoms with E-state index in [9.17, 15) is 0 Å². The molecule has 3 aromatic rings. The molecular formula is C20H18N4. The van der Waals surface area contributed by atoms with Gasteiger partial charge in [-0.05, 0) is 66.1 Å². The minimum Gasteiger partial charge on any atom is -0.399 e. The van der Waals surface area contributed by atoms with Crippen molar-refractivity contribution in [2.45, 2.75) is 12.8 Å². The first-order chi connectivity index (χ1) is 11.8. The SMILES string of the molecule is Nc1ccc2cc(N(C3=CCCC=N3)c3ccccn3)ccc2c1. The topological polar surface area (TPSA) is 54.5 Å². The molecule has 4 heteroatoms. The van der Waals surface area contributed by atoms with E-state index in [2.05, 4.69) is 39.2 Å². The smallest absolute Gasteiger partial charge is 0.138 e. The van der Waals surface area contributed by atoms with Crippen LogP contribution in [0.3, 0.4) is 0 Å². The number of aliphatic imine (C=N–C) groups is 1. The van der Waals surface area contributed by atoms with Gasteiger partial charge in [-0.15, -0.1) is 0 Å². The lowest BCUT2D eigenvalue weighted by Gasteiger charge is -2.25. The van der Waals surface area contributed by atoms with Crippen molar-refractivity contribution < 1.29 is 0 Å². The molecule has 0 unspecified atom stereocenters. The lowest BCUT2D eigenvalue weighted by Crippen LogP contribution is -2.17. The average molecular weight is 314 g/mol. The van der Waals surface area contributed by atoms with E-state index >= 15 is 0 Å². The highest BCUT2D eigenvalue weighted by Gasteiger charge is 2.16. The second-order valence-corrected chi connectivity index (χ2v) is 5.77. The van der Waals surface area contributed by atoms with Crippen LogP contribution in [0.15, 0.2) is 77.7 Å². The number of benzene rings is 2. The Morgan fingerprint density at radius 3 is 2.58 bits per heavy atom. The Morgan fingerprint density at radius 2 is 1.79 bits per heavy atom. The van der Waals surface area contributed by atoms with Crippen LogP contribution in [0, 0.1) is 0 Å². The molecule has 2 aromatic carbocycles. The molecule has 0 bridgehead atoms. The fourth-order valence-electron chi connectivity index (χ4n) is 2.91. The number of hydrogen-bond donors (Lipinski definition) is 1. The van der Waals surface area contributed by atoms with Crippen LogP contribution in [0.4, 0.5) is 17.2 Å². The number of nitrogens with two attached hydrogens (primary N) is 1. The highest BCUT2D eigenvalue weighted by atomic mass is 15.3. The fraction of sp³-hybridized carbons (Fsp3) is 0.100. The van der Waals surface area contributed by atoms with Gasteiger partial charge in [0.05, 0.1) is 0 Å². The van der Waals surface area contributed by atoms with Gasteiger partial charge in [0.15, 0.2) is 0 Å². The van der Waals surface area contributed by atoms with Crippen molar-refractivity contribution in [1.29, 1.82) is 0 Å². The molecule has 1 aliphatic heterocycles. The Hall–Kier alpha value is -3.14. The van der Waals surface area contributed by atoms with Crippen molar-refractivity contribution in [3.05, 3.63) is 72.7 Å². The Balaban J connectivity index is 1.85. The van der Waals surface area contributed by atoms with Crippen LogP contribution < -0.4 is 10.6 Å². The van der Waals surface area contributed by atoms with Gasteiger partial charge < -0.3 is 5.73 Å². The highest BCUT2D eigenvalue weighted by molar-refractivity contribution is 5.89. The summed E-state index contributed by atoms with van der Waals surface area (Å²) in [7, 11) is 0. The molecule has 0 aliphatic carbocycles. The third-order valence-corrected chi connectivity index (χ3v) is 4.06. The number of aromatic nitrogens is 1. The van der Waals surface area contributed by atoms with Crippen molar-refractivity contribution in [1.82, 2.24) is 4.98 Å². The van der Waals surface area contributed by atoms with Crippen LogP contribution in [0.1, 0.15) is 12.8 Å². The van der Waals surface area contributed by atoms with Gasteiger partial charge in [0.25, 0.3) is 0 Å². The minimum atomic E-state index is 0.774. The van der Waals surface area contributed by atoms with Crippen molar-refractivity contribution in [2.75, 3.05) is 10.6 Å². The van der Waals surface area contributed by atoms with Crippen LogP contribution in [0.2, 0.25) is 0 Å². The van der Waals surface area contributed by atoms with Gasteiger partial charge in [-0.2, -0.15) is 0 Å². The Morgan fingerprint density at radius 1 is 0.917 bits per heavy atom. The summed E-state index contributed by atoms with van der Waals surface area (Å²) in [5.74, 6) is 1.77. The van der Waals surface area contributed by atoms with Crippen molar-refractivity contribution in [2.24, 2.45) is 4.99 Å². The number of nitrogen functional groups attached to an aromatic ring is 1. The van der Waals surface area contributed by atoms with E-state index in [4.69, 9.17) is 5.73 Å². The summed E-state index contributed by atoms with van der Waals surface area (Å²) in [5.41, 5.74) is 7.69. The molecule has 0 saturated carbocycles. The third-order valence-electron chi connectivity index (χ3n) is 4.06. The predicted molar refractivity (Wildman–Crippen MR) is 101 cm³/mol. The quantitative estimate of drug-likeness (QED) is 0.715. The Kier molecular flexibility index (Phi) is 3.71. The van der Waals surface area contributed by atoms with Crippen LogP contribution in [0.25, 0.3) is 10.8 Å². The second-order valence-electron chi connectivity index (χ2n) is 5.77. The van der Waals surface area contributed by atoms with E-state index in [0.29, 0.717) is 0 Å². The molecule has 0 saturated heterocycles. The predicted octanol–water partition coefficient (Wildman–Crippen LogP) is 4.66. The zero-order chi connectivity index (χ0) is 16.4. The number of nitrogens with zero attached hydrogens (tertiary/aromatic N) is 3. The van der Waals surface area contributed by atoms with Gasteiger partial charge in [0, 0.05) is 23.8 Å². The lowest BCUT2D eigenvalue weighted by molar-refractivity contribution is 0.986. The highest BCUT2D eigenvalue weighted by Crippen LogP contribution is 2.32. The van der Waals surface area contributed by atoms with E-state index in [0.717, 1.165) is 46.6 Å². The van der Waals surface area contributed by atoms with Gasteiger partial charge in [-0.3, -0.25) is 4.90 Å². The maximum absolute atomic E-state index is 5.88. The first-order valence-corrected chi connectivity index (χ1v) is 8.04. The van der Waals surface area contributed by atoms with Gasteiger partial charge in [-0.1, -0.05) is 18.2 Å². The van der Waals surface area contributed by atoms with Crippen LogP contribution in [0.5, 0.6) is 0 Å². The van der Waals surface area contributed by atoms with Crippen molar-refractivity contribution in [3.8, 4) is 0 Å². The fourth-order valence-corrected chi connectivity index (χ4v) is 2.91. The summed E-state index contributed by atoms with van der Waals surface area (Å²) in [6.45, 7) is 0. The first kappa shape index (κ1) is 14.5. The number of hydrogen-bond acceptors (Lipinski definition) is 4. The van der Waals surface area contributed by atoms with E-state index < -0.39 is 0 Å². The monoisotopic (exact) mass is 314 g/mol. The molecule has 24 heavy (non-hydrogen) atoms. The van der Waals surface area contributed by atoms with Crippen molar-refractivity contribution >= 4 is 34.2 Å². The number of fused-ring (bicyclic) bond motifs is 1. The zero-order valence-corrected chi connectivity index (χ0v) is 13.3. The van der Waals surface area contributed by atoms with E-state index in [-0.39, 0.29) is 0 Å². The second kappa shape index (κ2) is 6.16. The number of pyridine rings is 1. The molecule has 0 spiro atoms. The van der Waals surface area contributed by atoms with Gasteiger partial charge in [0.2, 0.25) is 0 Å². The van der Waals surface area contributed by atoms with Crippen molar-refractivity contribution in [3.63, 3.8) is 0 Å². The molecular weight excluding hydrogens is 296 g/mol. The molecule has 4 nitrogen and oxygen atoms in total. The standard InChI is InChI=1S/C20H18N4/c21-17-9-7-16-14-18(10-8-15(16)13-17)24(19-5-1-3-11-22-19)20-6-2-4-12-23-20/h1,3,5-14H,2,4,21H2. The molecule has 2 N–H and O–H groups in total. The molecule has 2 heterocycles. The van der Waals surface area contributed by atoms with E-state index in [1.807, 2.05) is 42.6 Å². The summed E-state index contributed by atoms with van der Waals surface area (Å²) >= 11 is 0. The maximum atomic E-state index is 5.88. The number of allylic oxidation sites excluding steroid dienone is 1. The van der Waals surface area contributed by atoms with Crippen LogP contribution >= 0.6 is 0 Å². The molecule has 4 rings (SSSR count). The normalized spacial score (nSPS) is 13.8. The average Bonchev–Trinajstić information content (AvgIpc) is 2.64. The van der Waals surface area contributed by atoms with E-state index in [1.54, 1.807) is 6.20 Å². The summed E-state index contributed by atoms with van der Waals surface area (Å²) in [6, 6.07) is 18.2. The summed E-state index contributed by atoms with van der Waals surface area (Å²) in [5, 5.41) is 2.27. The first-order valence-electron chi connectivity index (χ1n) is 8.04. The summed E-state index contributed by atoms with van der Waals surface area (Å²) in [6.07, 6.45) is 7.90. The maximum Gasteiger partial charge on any atom is 0.138 e. The largest absolute Gasteiger partial charge is 0.399 e. The van der Waals surface area contributed by atoms with Gasteiger partial charge >= 0.3 is 0 Å². The summed E-state index contributed by atoms with van der Waals surface area (Å²) < 4.78 is 0. The molecule has 1 aliphatic rings. The number of rotatable bonds is 3. The zero-order valence-electron chi connectivity index (χ0n) is 13.3.